The summed E-state index contributed by atoms with van der Waals surface area (Å²) in [6.07, 6.45) is -0.971. The van der Waals surface area contributed by atoms with Gasteiger partial charge in [-0.3, -0.25) is 0 Å². The standard InChI is InChI=1S/C3H7O3S/c1-3(4)2-7(5)6/h3-4,7H,1-2H2. The molecule has 0 rings (SSSR count). The van der Waals surface area contributed by atoms with Crippen molar-refractivity contribution in [3.05, 3.63) is 6.92 Å². The molecule has 0 fully saturated rings. The van der Waals surface area contributed by atoms with E-state index in [1.165, 1.54) is 0 Å². The van der Waals surface area contributed by atoms with E-state index >= 15 is 0 Å². The third-order valence-corrected chi connectivity index (χ3v) is 1.08. The summed E-state index contributed by atoms with van der Waals surface area (Å²) in [5.74, 6) is -0.241. The van der Waals surface area contributed by atoms with Gasteiger partial charge in [-0.25, -0.2) is 8.42 Å². The first-order valence-corrected chi connectivity index (χ1v) is 3.12. The monoisotopic (exact) mass is 123 g/mol. The molecule has 1 N–H and O–H groups in total. The normalized spacial score (nSPS) is 14.7. The van der Waals surface area contributed by atoms with Crippen LogP contribution in [0.25, 0.3) is 0 Å². The molecule has 7 heavy (non-hydrogen) atoms. The van der Waals surface area contributed by atoms with Crippen LogP contribution in [0.5, 0.6) is 0 Å². The van der Waals surface area contributed by atoms with Gasteiger partial charge < -0.3 is 5.11 Å². The Morgan fingerprint density at radius 2 is 2.14 bits per heavy atom. The zero-order chi connectivity index (χ0) is 5.86. The quantitative estimate of drug-likeness (QED) is 0.453. The molecule has 1 atom stereocenters. The average molecular weight is 123 g/mol. The molecule has 3 nitrogen and oxygen atoms in total. The smallest absolute Gasteiger partial charge is 0.142 e. The van der Waals surface area contributed by atoms with Gasteiger partial charge in [-0.2, -0.15) is 0 Å². The lowest BCUT2D eigenvalue weighted by atomic mass is 10.5. The summed E-state index contributed by atoms with van der Waals surface area (Å²) in [6.45, 7) is 3.05. The van der Waals surface area contributed by atoms with Crippen molar-refractivity contribution in [2.45, 2.75) is 6.10 Å². The maximum Gasteiger partial charge on any atom is 0.142 e. The fourth-order valence-electron chi connectivity index (χ4n) is 0.172. The Morgan fingerprint density at radius 3 is 2.14 bits per heavy atom. The average Bonchev–Trinajstić information content (AvgIpc) is 1.27. The van der Waals surface area contributed by atoms with Crippen molar-refractivity contribution in [1.82, 2.24) is 0 Å². The van der Waals surface area contributed by atoms with Crippen LogP contribution in [0.3, 0.4) is 0 Å². The Balaban J connectivity index is 3.32. The van der Waals surface area contributed by atoms with Crippen LogP contribution >= 0.6 is 0 Å². The Morgan fingerprint density at radius 1 is 1.71 bits per heavy atom. The van der Waals surface area contributed by atoms with Gasteiger partial charge in [0.05, 0.1) is 11.9 Å². The molecule has 0 bridgehead atoms. The summed E-state index contributed by atoms with van der Waals surface area (Å²) >= 11 is 0. The molecule has 0 aliphatic rings. The van der Waals surface area contributed by atoms with E-state index in [-0.39, 0.29) is 5.75 Å². The van der Waals surface area contributed by atoms with Crippen molar-refractivity contribution in [3.63, 3.8) is 0 Å². The SMILES string of the molecule is [CH2]C(O)C[SH](=O)=O. The second-order valence-electron chi connectivity index (χ2n) is 1.17. The van der Waals surface area contributed by atoms with Crippen LogP contribution in [0.4, 0.5) is 0 Å². The summed E-state index contributed by atoms with van der Waals surface area (Å²) in [5.41, 5.74) is 0. The minimum atomic E-state index is -2.45. The first-order chi connectivity index (χ1) is 3.13. The summed E-state index contributed by atoms with van der Waals surface area (Å²) < 4.78 is 19.3. The van der Waals surface area contributed by atoms with E-state index in [0.29, 0.717) is 0 Å². The molecule has 1 radical (unpaired) electrons. The lowest BCUT2D eigenvalue weighted by Crippen LogP contribution is -2.07. The fraction of sp³-hybridized carbons (Fsp3) is 0.667. The van der Waals surface area contributed by atoms with E-state index in [1.807, 2.05) is 0 Å². The molecule has 0 aromatic heterocycles. The number of rotatable bonds is 2. The molecular formula is C3H7O3S. The van der Waals surface area contributed by atoms with Gasteiger partial charge in [0.25, 0.3) is 0 Å². The van der Waals surface area contributed by atoms with Crippen molar-refractivity contribution in [3.8, 4) is 0 Å². The maximum atomic E-state index is 9.65. The zero-order valence-corrected chi connectivity index (χ0v) is 4.60. The highest BCUT2D eigenvalue weighted by Crippen LogP contribution is 1.75. The molecule has 0 aromatic rings. The van der Waals surface area contributed by atoms with Gasteiger partial charge in [0.15, 0.2) is 0 Å². The first-order valence-electron chi connectivity index (χ1n) is 1.76. The van der Waals surface area contributed by atoms with Crippen LogP contribution in [-0.2, 0) is 10.7 Å². The van der Waals surface area contributed by atoms with Crippen LogP contribution in [0.1, 0.15) is 0 Å². The maximum absolute atomic E-state index is 9.65. The van der Waals surface area contributed by atoms with Crippen molar-refractivity contribution in [1.29, 1.82) is 0 Å². The van der Waals surface area contributed by atoms with Gasteiger partial charge in [-0.1, -0.05) is 0 Å². The van der Waals surface area contributed by atoms with Crippen LogP contribution < -0.4 is 0 Å². The molecule has 0 aliphatic heterocycles. The predicted molar refractivity (Wildman–Crippen MR) is 26.5 cm³/mol. The Kier molecular flexibility index (Phi) is 2.95. The molecule has 0 saturated heterocycles. The second-order valence-corrected chi connectivity index (χ2v) is 2.20. The van der Waals surface area contributed by atoms with Gasteiger partial charge in [-0.05, 0) is 6.92 Å². The highest BCUT2D eigenvalue weighted by atomic mass is 32.2. The summed E-state index contributed by atoms with van der Waals surface area (Å²) in [7, 11) is -2.45. The van der Waals surface area contributed by atoms with Gasteiger partial charge in [0, 0.05) is 0 Å². The van der Waals surface area contributed by atoms with Crippen LogP contribution in [0, 0.1) is 6.92 Å². The molecule has 0 aromatic carbocycles. The van der Waals surface area contributed by atoms with Crippen LogP contribution in [-0.4, -0.2) is 25.4 Å². The number of hydrogen-bond acceptors (Lipinski definition) is 3. The van der Waals surface area contributed by atoms with Gasteiger partial charge >= 0.3 is 0 Å². The molecule has 4 heteroatoms. The van der Waals surface area contributed by atoms with Crippen molar-refractivity contribution >= 4 is 10.7 Å². The largest absolute Gasteiger partial charge is 0.392 e. The third kappa shape index (κ3) is 5.91. The highest BCUT2D eigenvalue weighted by molar-refractivity contribution is 7.72. The minimum absolute atomic E-state index is 0.241. The van der Waals surface area contributed by atoms with E-state index in [4.69, 9.17) is 5.11 Å². The van der Waals surface area contributed by atoms with Gasteiger partial charge in [0.1, 0.15) is 10.7 Å². The van der Waals surface area contributed by atoms with Crippen molar-refractivity contribution in [2.75, 3.05) is 5.75 Å². The van der Waals surface area contributed by atoms with E-state index in [9.17, 15) is 8.42 Å². The summed E-state index contributed by atoms with van der Waals surface area (Å²) in [6, 6.07) is 0. The molecule has 0 heterocycles. The topological polar surface area (TPSA) is 54.4 Å². The molecular weight excluding hydrogens is 116 g/mol. The zero-order valence-electron chi connectivity index (χ0n) is 3.70. The fourth-order valence-corrected chi connectivity index (χ4v) is 0.516. The number of aliphatic hydroxyl groups is 1. The number of hydrogen-bond donors (Lipinski definition) is 2. The summed E-state index contributed by atoms with van der Waals surface area (Å²) in [5, 5.41) is 8.23. The predicted octanol–water partition coefficient (Wildman–Crippen LogP) is -1.21. The van der Waals surface area contributed by atoms with Crippen LogP contribution in [0.2, 0.25) is 0 Å². The van der Waals surface area contributed by atoms with E-state index in [0.717, 1.165) is 0 Å². The number of thiol groups is 1. The van der Waals surface area contributed by atoms with Crippen molar-refractivity contribution in [2.24, 2.45) is 0 Å². The van der Waals surface area contributed by atoms with E-state index < -0.39 is 16.8 Å². The minimum Gasteiger partial charge on any atom is -0.392 e. The first kappa shape index (κ1) is 6.91. The Bertz CT molecular complexity index is 96.7. The lowest BCUT2D eigenvalue weighted by Gasteiger charge is -1.90. The Labute approximate surface area is 43.9 Å². The molecule has 43 valence electrons. The number of aliphatic hydroxyl groups excluding tert-OH is 1. The van der Waals surface area contributed by atoms with Crippen molar-refractivity contribution < 1.29 is 13.5 Å². The van der Waals surface area contributed by atoms with Gasteiger partial charge in [-0.15, -0.1) is 0 Å². The van der Waals surface area contributed by atoms with Gasteiger partial charge in [0.2, 0.25) is 0 Å². The third-order valence-electron chi connectivity index (χ3n) is 0.360. The molecule has 0 amide bonds. The molecule has 0 aliphatic carbocycles. The summed E-state index contributed by atoms with van der Waals surface area (Å²) in [4.78, 5) is 0. The highest BCUT2D eigenvalue weighted by Gasteiger charge is 1.93. The molecule has 1 unspecified atom stereocenters. The van der Waals surface area contributed by atoms with E-state index in [1.54, 1.807) is 0 Å². The second kappa shape index (κ2) is 2.98. The Hall–Kier alpha value is -0.0900. The molecule has 0 saturated carbocycles. The van der Waals surface area contributed by atoms with E-state index in [2.05, 4.69) is 6.92 Å². The van der Waals surface area contributed by atoms with Crippen LogP contribution in [0.15, 0.2) is 0 Å². The molecule has 0 spiro atoms. The lowest BCUT2D eigenvalue weighted by molar-refractivity contribution is 0.244.